The van der Waals surface area contributed by atoms with Gasteiger partial charge in [0.1, 0.15) is 18.4 Å². The third kappa shape index (κ3) is 6.11. The molecule has 0 amide bonds. The second-order valence-electron chi connectivity index (χ2n) is 9.71. The Bertz CT molecular complexity index is 1440. The number of para-hydroxylation sites is 1. The van der Waals surface area contributed by atoms with Crippen molar-refractivity contribution in [2.45, 2.75) is 50.7 Å². The largest absolute Gasteiger partial charge is 0.465 e. The zero-order chi connectivity index (χ0) is 30.2. The lowest BCUT2D eigenvalue weighted by Gasteiger charge is -2.28. The van der Waals surface area contributed by atoms with Gasteiger partial charge in [-0.25, -0.2) is 18.3 Å². The minimum Gasteiger partial charge on any atom is -0.465 e. The number of hydrogen-bond acceptors (Lipinski definition) is 12. The molecule has 0 bridgehead atoms. The monoisotopic (exact) mass is 599 g/mol. The number of esters is 1. The summed E-state index contributed by atoms with van der Waals surface area (Å²) in [6, 6.07) is 6.54. The quantitative estimate of drug-likeness (QED) is 0.217. The van der Waals surface area contributed by atoms with Crippen LogP contribution in [0.5, 0.6) is 5.75 Å². The summed E-state index contributed by atoms with van der Waals surface area (Å²) in [5, 5.41) is 13.1. The maximum Gasteiger partial charge on any atom is 0.459 e. The normalized spacial score (nSPS) is 26.4. The van der Waals surface area contributed by atoms with Gasteiger partial charge in [-0.15, -0.1) is 0 Å². The number of rotatable bonds is 11. The minimum atomic E-state index is -4.55. The molecule has 1 aliphatic rings. The van der Waals surface area contributed by atoms with Crippen LogP contribution in [0.4, 0.5) is 20.5 Å². The van der Waals surface area contributed by atoms with Gasteiger partial charge in [0.15, 0.2) is 35.0 Å². The second kappa shape index (κ2) is 11.4. The average Bonchev–Trinajstić information content (AvgIpc) is 3.40. The third-order valence-electron chi connectivity index (χ3n) is 6.22. The summed E-state index contributed by atoms with van der Waals surface area (Å²) < 4.78 is 68.0. The third-order valence-corrected chi connectivity index (χ3v) is 7.85. The lowest BCUT2D eigenvalue weighted by atomic mass is 9.97. The summed E-state index contributed by atoms with van der Waals surface area (Å²) in [4.78, 5) is 26.2. The number of nitrogens with zero attached hydrogens (tertiary/aromatic N) is 5. The van der Waals surface area contributed by atoms with Gasteiger partial charge in [-0.05, 0) is 32.9 Å². The van der Waals surface area contributed by atoms with Crippen LogP contribution in [0, 0.1) is 0 Å². The van der Waals surface area contributed by atoms with Crippen LogP contribution in [0.15, 0.2) is 36.7 Å². The molecule has 0 aliphatic carbocycles. The van der Waals surface area contributed by atoms with Gasteiger partial charge in [0.2, 0.25) is 5.95 Å². The summed E-state index contributed by atoms with van der Waals surface area (Å²) in [5.74, 6) is -3.79. The number of nitrogens with two attached hydrogens (primary N) is 1. The molecule has 3 aromatic rings. The summed E-state index contributed by atoms with van der Waals surface area (Å²) in [6.45, 7) is 2.64. The Morgan fingerprint density at radius 2 is 2.00 bits per heavy atom. The van der Waals surface area contributed by atoms with Crippen molar-refractivity contribution >= 4 is 36.6 Å². The minimum absolute atomic E-state index is 0.0236. The van der Waals surface area contributed by atoms with Gasteiger partial charge in [0.05, 0.1) is 12.9 Å². The number of carbonyl (C=O) groups is 1. The molecule has 4 N–H and O–H groups in total. The summed E-state index contributed by atoms with van der Waals surface area (Å²) in [7, 11) is -1.17. The molecule has 1 aliphatic heterocycles. The van der Waals surface area contributed by atoms with Gasteiger partial charge in [-0.3, -0.25) is 13.9 Å². The molecular weight excluding hydrogens is 567 g/mol. The number of ether oxygens (including phenoxy) is 2. The van der Waals surface area contributed by atoms with Gasteiger partial charge in [0.25, 0.3) is 5.85 Å². The van der Waals surface area contributed by atoms with Crippen molar-refractivity contribution in [3.8, 4) is 5.75 Å². The number of carbonyl (C=O) groups excluding carboxylic acids is 1. The number of nitrogens with one attached hydrogen (secondary N) is 1. The molecule has 224 valence electrons. The predicted molar refractivity (Wildman–Crippen MR) is 143 cm³/mol. The first kappa shape index (κ1) is 30.5. The van der Waals surface area contributed by atoms with Crippen molar-refractivity contribution in [2.24, 2.45) is 0 Å². The van der Waals surface area contributed by atoms with E-state index in [1.165, 1.54) is 19.1 Å². The van der Waals surface area contributed by atoms with E-state index in [1.54, 1.807) is 44.1 Å². The molecule has 0 spiro atoms. The number of aliphatic hydroxyl groups excluding tert-OH is 1. The highest BCUT2D eigenvalue weighted by Gasteiger charge is 2.65. The summed E-state index contributed by atoms with van der Waals surface area (Å²) >= 11 is 0. The Balaban J connectivity index is 1.63. The molecule has 41 heavy (non-hydrogen) atoms. The molecule has 6 atom stereocenters. The van der Waals surface area contributed by atoms with Crippen LogP contribution in [0.2, 0.25) is 0 Å². The van der Waals surface area contributed by atoms with E-state index in [9.17, 15) is 14.5 Å². The number of aliphatic hydroxyl groups is 1. The zero-order valence-electron chi connectivity index (χ0n) is 23.0. The number of imidazole rings is 1. The molecule has 4 rings (SSSR count). The number of hydrogen-bond donors (Lipinski definition) is 3. The van der Waals surface area contributed by atoms with Crippen LogP contribution in [0.1, 0.15) is 27.0 Å². The van der Waals surface area contributed by atoms with Crippen LogP contribution in [-0.2, 0) is 23.4 Å². The lowest BCUT2D eigenvalue weighted by molar-refractivity contribution is -0.202. The van der Waals surface area contributed by atoms with E-state index in [2.05, 4.69) is 20.0 Å². The van der Waals surface area contributed by atoms with E-state index in [1.807, 2.05) is 0 Å². The van der Waals surface area contributed by atoms with Crippen molar-refractivity contribution in [1.29, 1.82) is 0 Å². The summed E-state index contributed by atoms with van der Waals surface area (Å²) in [5.41, 5.74) is 3.31. The van der Waals surface area contributed by atoms with E-state index in [0.717, 1.165) is 17.8 Å². The van der Waals surface area contributed by atoms with E-state index in [4.69, 9.17) is 24.3 Å². The number of halogens is 2. The van der Waals surface area contributed by atoms with E-state index < -0.39 is 50.2 Å². The molecule has 1 saturated heterocycles. The van der Waals surface area contributed by atoms with Crippen molar-refractivity contribution < 1.29 is 41.8 Å². The predicted octanol–water partition coefficient (Wildman–Crippen LogP) is 2.50. The van der Waals surface area contributed by atoms with Crippen LogP contribution >= 0.6 is 7.75 Å². The molecule has 3 heterocycles. The first-order chi connectivity index (χ1) is 19.2. The highest BCUT2D eigenvalue weighted by atomic mass is 31.2. The number of nitrogen functional groups attached to an aromatic ring is 1. The Hall–Kier alpha value is -3.43. The maximum absolute atomic E-state index is 16.2. The topological polar surface area (TPSA) is 176 Å². The van der Waals surface area contributed by atoms with Crippen molar-refractivity contribution in [3.63, 3.8) is 0 Å². The van der Waals surface area contributed by atoms with Crippen molar-refractivity contribution in [2.75, 3.05) is 37.9 Å². The number of anilines is 2. The molecule has 17 heteroatoms. The molecule has 14 nitrogen and oxygen atoms in total. The Labute approximate surface area is 234 Å². The Morgan fingerprint density at radius 3 is 2.63 bits per heavy atom. The zero-order valence-corrected chi connectivity index (χ0v) is 23.9. The van der Waals surface area contributed by atoms with Crippen LogP contribution in [0.25, 0.3) is 11.2 Å². The Kier molecular flexibility index (Phi) is 8.52. The van der Waals surface area contributed by atoms with E-state index >= 15 is 8.78 Å². The van der Waals surface area contributed by atoms with Gasteiger partial charge >= 0.3 is 13.7 Å². The van der Waals surface area contributed by atoms with Crippen LogP contribution in [-0.4, -0.2) is 81.6 Å². The highest BCUT2D eigenvalue weighted by molar-refractivity contribution is 7.52. The lowest BCUT2D eigenvalue weighted by Crippen LogP contribution is -2.47. The van der Waals surface area contributed by atoms with Gasteiger partial charge in [-0.1, -0.05) is 18.2 Å². The fourth-order valence-corrected chi connectivity index (χ4v) is 5.71. The fraction of sp³-hybridized carbons (Fsp3) is 0.500. The number of fused-ring (bicyclic) bond motifs is 1. The molecule has 0 radical (unpaired) electrons. The SMILES string of the molecule is CCOC(=O)[C@H](C)NP(=O)(OC[C@@]1(F)O[C@@H](n2cnc3c(N(C)C)nc(N)nc32)[C@](C)(F)[C@@H]1O)Oc1ccccc1. The van der Waals surface area contributed by atoms with Gasteiger partial charge in [-0.2, -0.15) is 15.1 Å². The molecule has 1 unspecified atom stereocenters. The Morgan fingerprint density at radius 1 is 1.32 bits per heavy atom. The first-order valence-corrected chi connectivity index (χ1v) is 14.1. The average molecular weight is 600 g/mol. The fourth-order valence-electron chi connectivity index (χ4n) is 4.21. The van der Waals surface area contributed by atoms with Crippen LogP contribution in [0.3, 0.4) is 0 Å². The number of alkyl halides is 2. The maximum atomic E-state index is 16.2. The smallest absolute Gasteiger partial charge is 0.459 e. The molecule has 1 aromatic carbocycles. The van der Waals surface area contributed by atoms with E-state index in [0.29, 0.717) is 5.82 Å². The van der Waals surface area contributed by atoms with Gasteiger partial charge in [0, 0.05) is 14.1 Å². The molecular formula is C24H32F2N7O7P. The molecule has 0 saturated carbocycles. The number of benzene rings is 1. The molecule has 2 aromatic heterocycles. The van der Waals surface area contributed by atoms with E-state index in [-0.39, 0.29) is 29.5 Å². The molecule has 1 fully saturated rings. The van der Waals surface area contributed by atoms with Crippen LogP contribution < -0.4 is 20.2 Å². The summed E-state index contributed by atoms with van der Waals surface area (Å²) in [6.07, 6.45) is -3.08. The van der Waals surface area contributed by atoms with Crippen molar-refractivity contribution in [1.82, 2.24) is 24.6 Å². The number of aromatic nitrogens is 4. The highest BCUT2D eigenvalue weighted by Crippen LogP contribution is 2.52. The van der Waals surface area contributed by atoms with Crippen molar-refractivity contribution in [3.05, 3.63) is 36.7 Å². The standard InChI is InChI=1S/C24H32F2N7O7P/c1-6-37-19(34)14(2)31-41(36,40-15-10-8-7-9-11-15)38-12-24(26)20(35)23(3,25)21(39-24)33-13-28-16-17(32(4)5)29-22(27)30-18(16)33/h7-11,13-14,20-21,35H,6,12H2,1-5H3,(H,31,36)(H2,27,29,30)/t14-,20-,21+,23+,24+,41?/m0/s1. The first-order valence-electron chi connectivity index (χ1n) is 12.6. The van der Waals surface area contributed by atoms with Gasteiger partial charge < -0.3 is 29.7 Å². The second-order valence-corrected chi connectivity index (χ2v) is 11.4.